The lowest BCUT2D eigenvalue weighted by molar-refractivity contribution is -0.384. The topological polar surface area (TPSA) is 130 Å². The number of ether oxygens (including phenoxy) is 2. The van der Waals surface area contributed by atoms with Gasteiger partial charge in [0.05, 0.1) is 29.2 Å². The highest BCUT2D eigenvalue weighted by atomic mass is 35.5. The van der Waals surface area contributed by atoms with Crippen LogP contribution < -0.4 is 14.8 Å². The summed E-state index contributed by atoms with van der Waals surface area (Å²) in [6.45, 7) is 0. The Hall–Kier alpha value is -4.22. The van der Waals surface area contributed by atoms with Gasteiger partial charge < -0.3 is 14.8 Å². The van der Waals surface area contributed by atoms with Gasteiger partial charge in [-0.1, -0.05) is 35.3 Å². The number of benzene rings is 2. The lowest BCUT2D eigenvalue weighted by Crippen LogP contribution is -2.02. The molecule has 1 N–H and O–H groups in total. The molecule has 0 aliphatic heterocycles. The molecule has 5 rings (SSSR count). The molecule has 0 aliphatic rings. The van der Waals surface area contributed by atoms with Crippen molar-refractivity contribution in [3.8, 4) is 22.6 Å². The summed E-state index contributed by atoms with van der Waals surface area (Å²) in [5, 5.41) is 19.9. The number of nitro groups is 1. The van der Waals surface area contributed by atoms with Crippen LogP contribution in [-0.2, 0) is 12.8 Å². The van der Waals surface area contributed by atoms with Gasteiger partial charge in [0, 0.05) is 54.4 Å². The number of halogens is 2. The Labute approximate surface area is 226 Å². The van der Waals surface area contributed by atoms with Gasteiger partial charge in [0.1, 0.15) is 11.5 Å². The van der Waals surface area contributed by atoms with E-state index >= 15 is 0 Å². The van der Waals surface area contributed by atoms with Crippen LogP contribution in [0.4, 0.5) is 11.6 Å². The number of nitro benzene ring substituents is 1. The lowest BCUT2D eigenvalue weighted by Gasteiger charge is -2.15. The number of methoxy groups -OCH3 is 2. The fourth-order valence-electron chi connectivity index (χ4n) is 4.12. The van der Waals surface area contributed by atoms with E-state index in [1.54, 1.807) is 36.0 Å². The molecule has 5 aromatic rings. The van der Waals surface area contributed by atoms with Crippen LogP contribution in [0.5, 0.6) is 11.5 Å². The molecule has 11 nitrogen and oxygen atoms in total. The minimum Gasteiger partial charge on any atom is -0.495 e. The summed E-state index contributed by atoms with van der Waals surface area (Å²) in [7, 11) is 4.75. The summed E-state index contributed by atoms with van der Waals surface area (Å²) in [6.07, 6.45) is 2.73. The lowest BCUT2D eigenvalue weighted by atomic mass is 10.0. The average molecular weight is 554 g/mol. The van der Waals surface area contributed by atoms with Gasteiger partial charge >= 0.3 is 0 Å². The molecule has 0 spiro atoms. The van der Waals surface area contributed by atoms with Crippen molar-refractivity contribution in [2.45, 2.75) is 12.8 Å². The van der Waals surface area contributed by atoms with E-state index in [9.17, 15) is 10.1 Å². The molecule has 38 heavy (non-hydrogen) atoms. The minimum atomic E-state index is -0.425. The second-order valence-corrected chi connectivity index (χ2v) is 9.01. The van der Waals surface area contributed by atoms with E-state index in [2.05, 4.69) is 15.3 Å². The Morgan fingerprint density at radius 2 is 1.68 bits per heavy atom. The smallest absolute Gasteiger partial charge is 0.269 e. The molecule has 0 saturated carbocycles. The molecule has 0 saturated heterocycles. The molecular formula is C25H21Cl2N7O4. The van der Waals surface area contributed by atoms with Crippen molar-refractivity contribution in [1.82, 2.24) is 24.6 Å². The van der Waals surface area contributed by atoms with E-state index in [1.165, 1.54) is 26.4 Å². The first-order valence-electron chi connectivity index (χ1n) is 11.4. The second kappa shape index (κ2) is 10.3. The first-order chi connectivity index (χ1) is 18.3. The molecule has 13 heteroatoms. The summed E-state index contributed by atoms with van der Waals surface area (Å²) in [6, 6.07) is 9.88. The van der Waals surface area contributed by atoms with Crippen LogP contribution in [0.1, 0.15) is 11.4 Å². The fourth-order valence-corrected chi connectivity index (χ4v) is 4.83. The van der Waals surface area contributed by atoms with Gasteiger partial charge in [0.2, 0.25) is 5.95 Å². The van der Waals surface area contributed by atoms with Gasteiger partial charge in [0.15, 0.2) is 17.1 Å². The summed E-state index contributed by atoms with van der Waals surface area (Å²) < 4.78 is 12.6. The molecule has 0 bridgehead atoms. The largest absolute Gasteiger partial charge is 0.495 e. The normalized spacial score (nSPS) is 11.2. The number of nitrogens with one attached hydrogen (secondary N) is 1. The van der Waals surface area contributed by atoms with E-state index in [1.807, 2.05) is 6.07 Å². The number of pyridine rings is 1. The Morgan fingerprint density at radius 3 is 2.29 bits per heavy atom. The van der Waals surface area contributed by atoms with Gasteiger partial charge in [0.25, 0.3) is 5.69 Å². The molecule has 0 atom stereocenters. The molecule has 0 unspecified atom stereocenters. The number of nitrogens with zero attached hydrogens (tertiary/aromatic N) is 6. The number of aromatic nitrogens is 5. The standard InChI is InChI=1S/C25H21Cl2N7O4/c1-28-25-29-12-14-10-16(20-21(26)17(37-2)11-18(38-3)22(20)27)24-30-19(32-33(24)23(14)31-25)9-6-13-4-7-15(8-5-13)34(35)36/h4-5,7-8,10-12H,6,9H2,1-3H3,(H,28,29,31). The maximum atomic E-state index is 11.0. The van der Waals surface area contributed by atoms with Crippen molar-refractivity contribution in [3.05, 3.63) is 74.1 Å². The fraction of sp³-hybridized carbons (Fsp3) is 0.200. The van der Waals surface area contributed by atoms with Crippen LogP contribution in [0.15, 0.2) is 42.6 Å². The molecule has 194 valence electrons. The predicted molar refractivity (Wildman–Crippen MR) is 145 cm³/mol. The molecule has 0 fully saturated rings. The van der Waals surface area contributed by atoms with Gasteiger partial charge in [-0.2, -0.15) is 9.50 Å². The number of fused-ring (bicyclic) bond motifs is 3. The Morgan fingerprint density at radius 1 is 1.00 bits per heavy atom. The van der Waals surface area contributed by atoms with Crippen LogP contribution in [0.3, 0.4) is 0 Å². The number of hydrogen-bond acceptors (Lipinski definition) is 9. The van der Waals surface area contributed by atoms with E-state index in [0.29, 0.717) is 74.0 Å². The average Bonchev–Trinajstić information content (AvgIpc) is 3.37. The van der Waals surface area contributed by atoms with Gasteiger partial charge in [-0.25, -0.2) is 9.97 Å². The van der Waals surface area contributed by atoms with E-state index in [-0.39, 0.29) is 5.69 Å². The third-order valence-electron chi connectivity index (χ3n) is 6.04. The molecule has 3 aromatic heterocycles. The minimum absolute atomic E-state index is 0.0400. The molecule has 0 radical (unpaired) electrons. The van der Waals surface area contributed by atoms with Crippen LogP contribution in [0.2, 0.25) is 10.0 Å². The number of hydrogen-bond donors (Lipinski definition) is 1. The third kappa shape index (κ3) is 4.50. The monoisotopic (exact) mass is 553 g/mol. The predicted octanol–water partition coefficient (Wildman–Crippen LogP) is 5.40. The summed E-state index contributed by atoms with van der Waals surface area (Å²) in [5.74, 6) is 1.75. The van der Waals surface area contributed by atoms with E-state index in [4.69, 9.17) is 42.8 Å². The van der Waals surface area contributed by atoms with Crippen LogP contribution >= 0.6 is 23.2 Å². The van der Waals surface area contributed by atoms with Gasteiger partial charge in [-0.15, -0.1) is 5.10 Å². The van der Waals surface area contributed by atoms with Gasteiger partial charge in [-0.3, -0.25) is 10.1 Å². The summed E-state index contributed by atoms with van der Waals surface area (Å²) >= 11 is 13.5. The highest BCUT2D eigenvalue weighted by Gasteiger charge is 2.24. The molecule has 0 aliphatic carbocycles. The molecule has 2 aromatic carbocycles. The highest BCUT2D eigenvalue weighted by molar-refractivity contribution is 6.41. The first kappa shape index (κ1) is 25.4. The number of non-ortho nitro benzene ring substituents is 1. The first-order valence-corrected chi connectivity index (χ1v) is 12.2. The zero-order valence-corrected chi connectivity index (χ0v) is 22.0. The van der Waals surface area contributed by atoms with Gasteiger partial charge in [-0.05, 0) is 18.1 Å². The maximum absolute atomic E-state index is 11.0. The second-order valence-electron chi connectivity index (χ2n) is 8.25. The third-order valence-corrected chi connectivity index (χ3v) is 6.79. The van der Waals surface area contributed by atoms with Crippen molar-refractivity contribution in [2.75, 3.05) is 26.6 Å². The number of anilines is 1. The maximum Gasteiger partial charge on any atom is 0.269 e. The highest BCUT2D eigenvalue weighted by Crippen LogP contribution is 2.47. The number of rotatable bonds is 8. The SMILES string of the molecule is CNc1ncc2cc(-c3c(Cl)c(OC)cc(OC)c3Cl)c3nc(CCc4ccc([N+](=O)[O-])cc4)nn3c2n1. The van der Waals surface area contributed by atoms with Crippen molar-refractivity contribution in [2.24, 2.45) is 0 Å². The zero-order valence-electron chi connectivity index (χ0n) is 20.5. The van der Waals surface area contributed by atoms with Crippen LogP contribution in [0, 0.1) is 10.1 Å². The zero-order chi connectivity index (χ0) is 27.0. The van der Waals surface area contributed by atoms with Crippen molar-refractivity contribution >= 4 is 51.5 Å². The van der Waals surface area contributed by atoms with Crippen LogP contribution in [-0.4, -0.2) is 50.8 Å². The molecular weight excluding hydrogens is 533 g/mol. The summed E-state index contributed by atoms with van der Waals surface area (Å²) in [5.41, 5.74) is 3.06. The number of aryl methyl sites for hydroxylation is 2. The van der Waals surface area contributed by atoms with Crippen LogP contribution in [0.25, 0.3) is 27.8 Å². The Bertz CT molecular complexity index is 1660. The Kier molecular flexibility index (Phi) is 6.87. The summed E-state index contributed by atoms with van der Waals surface area (Å²) in [4.78, 5) is 24.3. The molecule has 0 amide bonds. The molecule has 3 heterocycles. The van der Waals surface area contributed by atoms with Crippen molar-refractivity contribution < 1.29 is 14.4 Å². The van der Waals surface area contributed by atoms with E-state index < -0.39 is 4.92 Å². The quantitative estimate of drug-likeness (QED) is 0.198. The van der Waals surface area contributed by atoms with Crippen molar-refractivity contribution in [1.29, 1.82) is 0 Å². The van der Waals surface area contributed by atoms with E-state index in [0.717, 1.165) is 5.56 Å². The Balaban J connectivity index is 1.67. The van der Waals surface area contributed by atoms with Crippen molar-refractivity contribution in [3.63, 3.8) is 0 Å².